The van der Waals surface area contributed by atoms with Crippen LogP contribution < -0.4 is 5.73 Å². The van der Waals surface area contributed by atoms with Gasteiger partial charge in [-0.15, -0.1) is 0 Å². The fourth-order valence-electron chi connectivity index (χ4n) is 2.50. The maximum absolute atomic E-state index is 5.90. The van der Waals surface area contributed by atoms with Gasteiger partial charge in [0.15, 0.2) is 0 Å². The van der Waals surface area contributed by atoms with Crippen LogP contribution in [-0.4, -0.2) is 5.16 Å². The minimum atomic E-state index is 0.289. The number of benzene rings is 1. The zero-order chi connectivity index (χ0) is 11.8. The number of fused-ring (bicyclic) bond motifs is 1. The maximum Gasteiger partial charge on any atom is 0.225 e. The van der Waals surface area contributed by atoms with E-state index in [1.54, 1.807) is 0 Å². The lowest BCUT2D eigenvalue weighted by Gasteiger charge is -2.20. The number of nitrogens with two attached hydrogens (primary N) is 1. The highest BCUT2D eigenvalue weighted by atomic mass is 35.5. The van der Waals surface area contributed by atoms with Gasteiger partial charge in [0, 0.05) is 16.5 Å². The number of nitrogen functional groups attached to an aromatic ring is 1. The Morgan fingerprint density at radius 3 is 2.82 bits per heavy atom. The van der Waals surface area contributed by atoms with Crippen LogP contribution in [0.2, 0.25) is 5.02 Å². The van der Waals surface area contributed by atoms with Crippen LogP contribution in [0.15, 0.2) is 28.8 Å². The minimum Gasteiger partial charge on any atom is -0.367 e. The summed E-state index contributed by atoms with van der Waals surface area (Å²) >= 11 is 5.90. The fourth-order valence-corrected chi connectivity index (χ4v) is 2.63. The molecule has 2 N–H and O–H groups in total. The Balaban J connectivity index is 2.02. The molecule has 0 radical (unpaired) electrons. The standard InChI is InChI=1S/C13H13ClN2O/c14-9-6-4-8(5-7-9)10-2-1-3-11-12(10)16-17-13(11)15/h4-7,10H,1-3,15H2. The highest BCUT2D eigenvalue weighted by Crippen LogP contribution is 2.38. The molecule has 3 rings (SSSR count). The van der Waals surface area contributed by atoms with Crippen LogP contribution in [0.5, 0.6) is 0 Å². The lowest BCUT2D eigenvalue weighted by Crippen LogP contribution is -2.11. The van der Waals surface area contributed by atoms with Crippen molar-refractivity contribution < 1.29 is 4.52 Å². The molecule has 4 heteroatoms. The SMILES string of the molecule is Nc1onc2c1CCCC2c1ccc(Cl)cc1. The van der Waals surface area contributed by atoms with Crippen molar-refractivity contribution in [3.8, 4) is 0 Å². The lowest BCUT2D eigenvalue weighted by atomic mass is 9.83. The van der Waals surface area contributed by atoms with Gasteiger partial charge in [-0.3, -0.25) is 0 Å². The first kappa shape index (κ1) is 10.7. The lowest BCUT2D eigenvalue weighted by molar-refractivity contribution is 0.422. The Hall–Kier alpha value is -1.48. The molecule has 1 aromatic heterocycles. The molecule has 88 valence electrons. The van der Waals surface area contributed by atoms with E-state index in [0.29, 0.717) is 5.88 Å². The van der Waals surface area contributed by atoms with Gasteiger partial charge in [0.05, 0.1) is 5.69 Å². The molecule has 1 aliphatic rings. The van der Waals surface area contributed by atoms with E-state index in [2.05, 4.69) is 5.16 Å². The first-order valence-electron chi connectivity index (χ1n) is 5.75. The van der Waals surface area contributed by atoms with Crippen LogP contribution in [0.1, 0.15) is 35.6 Å². The molecule has 3 nitrogen and oxygen atoms in total. The van der Waals surface area contributed by atoms with Crippen LogP contribution in [0, 0.1) is 0 Å². The summed E-state index contributed by atoms with van der Waals surface area (Å²) in [5.41, 5.74) is 9.08. The smallest absolute Gasteiger partial charge is 0.225 e. The zero-order valence-electron chi connectivity index (χ0n) is 9.32. The van der Waals surface area contributed by atoms with E-state index in [1.807, 2.05) is 24.3 Å². The summed E-state index contributed by atoms with van der Waals surface area (Å²) in [7, 11) is 0. The monoisotopic (exact) mass is 248 g/mol. The molecule has 0 bridgehead atoms. The zero-order valence-corrected chi connectivity index (χ0v) is 10.1. The average Bonchev–Trinajstić information content (AvgIpc) is 2.73. The second kappa shape index (κ2) is 4.08. The van der Waals surface area contributed by atoms with Gasteiger partial charge in [0.2, 0.25) is 5.88 Å². The third-order valence-corrected chi connectivity index (χ3v) is 3.62. The van der Waals surface area contributed by atoms with Gasteiger partial charge in [-0.2, -0.15) is 0 Å². The highest BCUT2D eigenvalue weighted by molar-refractivity contribution is 6.30. The largest absolute Gasteiger partial charge is 0.367 e. The molecule has 0 saturated carbocycles. The van der Waals surface area contributed by atoms with Crippen molar-refractivity contribution in [3.63, 3.8) is 0 Å². The Bertz CT molecular complexity index is 533. The summed E-state index contributed by atoms with van der Waals surface area (Å²) in [5.74, 6) is 0.760. The number of rotatable bonds is 1. The first-order valence-corrected chi connectivity index (χ1v) is 6.13. The summed E-state index contributed by atoms with van der Waals surface area (Å²) in [6, 6.07) is 7.92. The van der Waals surface area contributed by atoms with Crippen molar-refractivity contribution in [1.82, 2.24) is 5.16 Å². The van der Waals surface area contributed by atoms with Crippen LogP contribution in [0.3, 0.4) is 0 Å². The molecule has 0 saturated heterocycles. The first-order chi connectivity index (χ1) is 8.25. The molecule has 1 aromatic carbocycles. The van der Waals surface area contributed by atoms with Crippen molar-refractivity contribution in [3.05, 3.63) is 46.1 Å². The van der Waals surface area contributed by atoms with E-state index >= 15 is 0 Å². The third-order valence-electron chi connectivity index (χ3n) is 3.37. The normalized spacial score (nSPS) is 19.0. The van der Waals surface area contributed by atoms with Gasteiger partial charge >= 0.3 is 0 Å². The Morgan fingerprint density at radius 1 is 1.29 bits per heavy atom. The van der Waals surface area contributed by atoms with Crippen LogP contribution >= 0.6 is 11.6 Å². The Morgan fingerprint density at radius 2 is 2.06 bits per heavy atom. The topological polar surface area (TPSA) is 52.0 Å². The van der Waals surface area contributed by atoms with Gasteiger partial charge in [0.1, 0.15) is 0 Å². The number of anilines is 1. The number of hydrogen-bond acceptors (Lipinski definition) is 3. The van der Waals surface area contributed by atoms with Crippen molar-refractivity contribution in [2.75, 3.05) is 5.73 Å². The highest BCUT2D eigenvalue weighted by Gasteiger charge is 2.27. The van der Waals surface area contributed by atoms with Gasteiger partial charge in [-0.25, -0.2) is 0 Å². The summed E-state index contributed by atoms with van der Waals surface area (Å²) in [6.45, 7) is 0. The van der Waals surface area contributed by atoms with E-state index in [9.17, 15) is 0 Å². The Kier molecular flexibility index (Phi) is 2.56. The quantitative estimate of drug-likeness (QED) is 0.842. The minimum absolute atomic E-state index is 0.289. The second-order valence-corrected chi connectivity index (χ2v) is 4.84. The molecular formula is C13H13ClN2O. The average molecular weight is 249 g/mol. The number of aromatic nitrogens is 1. The summed E-state index contributed by atoms with van der Waals surface area (Å²) in [5, 5.41) is 4.86. The molecule has 0 amide bonds. The molecule has 0 aliphatic heterocycles. The van der Waals surface area contributed by atoms with E-state index in [-0.39, 0.29) is 5.92 Å². The van der Waals surface area contributed by atoms with Crippen molar-refractivity contribution in [1.29, 1.82) is 0 Å². The number of nitrogens with zero attached hydrogens (tertiary/aromatic N) is 1. The predicted octanol–water partition coefficient (Wildman–Crippen LogP) is 3.38. The molecular weight excluding hydrogens is 236 g/mol. The van der Waals surface area contributed by atoms with Gasteiger partial charge in [-0.05, 0) is 37.0 Å². The van der Waals surface area contributed by atoms with Crippen LogP contribution in [-0.2, 0) is 6.42 Å². The van der Waals surface area contributed by atoms with Crippen molar-refractivity contribution in [2.45, 2.75) is 25.2 Å². The molecule has 1 heterocycles. The summed E-state index contributed by atoms with van der Waals surface area (Å²) < 4.78 is 5.09. The van der Waals surface area contributed by atoms with E-state index < -0.39 is 0 Å². The van der Waals surface area contributed by atoms with Crippen LogP contribution in [0.25, 0.3) is 0 Å². The molecule has 0 fully saturated rings. The number of halogens is 1. The molecule has 1 unspecified atom stereocenters. The second-order valence-electron chi connectivity index (χ2n) is 4.41. The Labute approximate surface area is 105 Å². The summed E-state index contributed by atoms with van der Waals surface area (Å²) in [4.78, 5) is 0. The molecule has 2 aromatic rings. The fraction of sp³-hybridized carbons (Fsp3) is 0.308. The molecule has 1 atom stereocenters. The van der Waals surface area contributed by atoms with Gasteiger partial charge < -0.3 is 10.3 Å². The third kappa shape index (κ3) is 1.80. The van der Waals surface area contributed by atoms with E-state index in [4.69, 9.17) is 21.9 Å². The maximum atomic E-state index is 5.90. The van der Waals surface area contributed by atoms with Gasteiger partial charge in [0.25, 0.3) is 0 Å². The predicted molar refractivity (Wildman–Crippen MR) is 67.1 cm³/mol. The van der Waals surface area contributed by atoms with Crippen molar-refractivity contribution >= 4 is 17.5 Å². The molecule has 17 heavy (non-hydrogen) atoms. The summed E-state index contributed by atoms with van der Waals surface area (Å²) in [6.07, 6.45) is 3.17. The molecule has 0 spiro atoms. The van der Waals surface area contributed by atoms with Crippen LogP contribution in [0.4, 0.5) is 5.88 Å². The number of hydrogen-bond donors (Lipinski definition) is 1. The van der Waals surface area contributed by atoms with Crippen molar-refractivity contribution in [2.24, 2.45) is 0 Å². The molecule has 1 aliphatic carbocycles. The van der Waals surface area contributed by atoms with E-state index in [0.717, 1.165) is 35.5 Å². The van der Waals surface area contributed by atoms with Gasteiger partial charge in [-0.1, -0.05) is 28.9 Å². The van der Waals surface area contributed by atoms with E-state index in [1.165, 1.54) is 5.56 Å².